The van der Waals surface area contributed by atoms with E-state index in [0.29, 0.717) is 6.54 Å². The molecular formula is C34H57NO3Sn. The molecule has 5 heteroatoms. The van der Waals surface area contributed by atoms with Crippen molar-refractivity contribution in [1.82, 2.24) is 4.90 Å². The summed E-state index contributed by atoms with van der Waals surface area (Å²) in [5.41, 5.74) is 0.150. The number of hydrogen-bond acceptors (Lipinski definition) is 3. The zero-order valence-corrected chi connectivity index (χ0v) is 28.9. The molecule has 39 heavy (non-hydrogen) atoms. The zero-order chi connectivity index (χ0) is 28.4. The zero-order valence-electron chi connectivity index (χ0n) is 26.0. The number of nitrogens with zero attached hydrogens (tertiary/aromatic N) is 1. The molecule has 2 heterocycles. The number of hydrogen-bond donors (Lipinski definition) is 0. The van der Waals surface area contributed by atoms with Gasteiger partial charge in [-0.2, -0.15) is 0 Å². The Morgan fingerprint density at radius 3 is 2.10 bits per heavy atom. The molecule has 0 aromatic heterocycles. The van der Waals surface area contributed by atoms with Gasteiger partial charge >= 0.3 is 245 Å². The van der Waals surface area contributed by atoms with Gasteiger partial charge in [0.15, 0.2) is 0 Å². The van der Waals surface area contributed by atoms with Crippen LogP contribution in [-0.2, 0) is 9.47 Å². The molecule has 2 aliphatic heterocycles. The molecule has 0 N–H and O–H groups in total. The van der Waals surface area contributed by atoms with Crippen molar-refractivity contribution in [2.75, 3.05) is 13.2 Å². The monoisotopic (exact) mass is 647 g/mol. The van der Waals surface area contributed by atoms with Crippen LogP contribution >= 0.6 is 0 Å². The summed E-state index contributed by atoms with van der Waals surface area (Å²) in [5.74, 6) is 0. The first-order chi connectivity index (χ1) is 18.7. The molecule has 1 fully saturated rings. The summed E-state index contributed by atoms with van der Waals surface area (Å²) in [5, 5.41) is 0. The second kappa shape index (κ2) is 15.3. The Morgan fingerprint density at radius 1 is 0.949 bits per heavy atom. The Hall–Kier alpha value is -1.01. The van der Waals surface area contributed by atoms with Crippen LogP contribution in [0.2, 0.25) is 13.3 Å². The van der Waals surface area contributed by atoms with Gasteiger partial charge in [0.05, 0.1) is 0 Å². The molecule has 3 rings (SSSR count). The van der Waals surface area contributed by atoms with Gasteiger partial charge < -0.3 is 0 Å². The van der Waals surface area contributed by atoms with Crippen molar-refractivity contribution in [3.8, 4) is 0 Å². The maximum absolute atomic E-state index is 13.9. The molecule has 0 bridgehead atoms. The van der Waals surface area contributed by atoms with Crippen molar-refractivity contribution in [3.63, 3.8) is 0 Å². The van der Waals surface area contributed by atoms with Gasteiger partial charge in [0, 0.05) is 0 Å². The second-order valence-electron chi connectivity index (χ2n) is 13.2. The number of carbonyl (C=O) groups is 1. The first-order valence-corrected chi connectivity index (χ1v) is 23.6. The third-order valence-electron chi connectivity index (χ3n) is 8.86. The van der Waals surface area contributed by atoms with Crippen LogP contribution in [0, 0.1) is 0 Å². The number of unbranched alkanes of at least 4 members (excludes halogenated alkanes) is 3. The molecular weight excluding hydrogens is 589 g/mol. The van der Waals surface area contributed by atoms with Gasteiger partial charge in [-0.1, -0.05) is 0 Å². The summed E-state index contributed by atoms with van der Waals surface area (Å²) in [6.07, 6.45) is 15.7. The SMILES string of the molecule is CCC[CH2][Sn]([CH2]CCC)([CH2]CCC)[C]1=CC2(CCCCCCN(C(=O)OC(C)(C)C)[C@H]2c2ccccc2)OC1. The fourth-order valence-corrected chi connectivity index (χ4v) is 23.1. The third-order valence-corrected chi connectivity index (χ3v) is 24.8. The topological polar surface area (TPSA) is 38.8 Å². The molecule has 1 spiro atoms. The predicted molar refractivity (Wildman–Crippen MR) is 167 cm³/mol. The van der Waals surface area contributed by atoms with E-state index in [2.05, 4.69) is 57.2 Å². The van der Waals surface area contributed by atoms with E-state index < -0.39 is 29.6 Å². The second-order valence-corrected chi connectivity index (χ2v) is 26.6. The minimum atomic E-state index is -2.66. The molecule has 0 saturated carbocycles. The molecule has 0 aliphatic carbocycles. The molecule has 2 atom stereocenters. The molecule has 1 saturated heterocycles. The fraction of sp³-hybridized carbons (Fsp3) is 0.735. The molecule has 1 aromatic rings. The van der Waals surface area contributed by atoms with Gasteiger partial charge in [0.25, 0.3) is 0 Å². The van der Waals surface area contributed by atoms with Gasteiger partial charge in [-0.3, -0.25) is 0 Å². The van der Waals surface area contributed by atoms with Crippen molar-refractivity contribution in [2.45, 2.75) is 143 Å². The van der Waals surface area contributed by atoms with Crippen LogP contribution in [0.3, 0.4) is 0 Å². The fourth-order valence-electron chi connectivity index (χ4n) is 6.78. The standard InChI is InChI=1S/C22H30NO3.3C4H9.Sn/c1-21(2,3)26-20(24)23-16-10-5-4-9-14-22(15-11-17-25-22)19(23)18-12-7-6-8-13-18;3*1-3-4-2;/h6-8,12-13,15,19H,4-5,9-10,14,16-17H2,1-3H3;3*1,3-4H2,2H3;/t19-,22?;;;;/m0..../s1. The quantitative estimate of drug-likeness (QED) is 0.225. The summed E-state index contributed by atoms with van der Waals surface area (Å²) < 4.78 is 19.2. The van der Waals surface area contributed by atoms with Crippen LogP contribution < -0.4 is 0 Å². The normalized spacial score (nSPS) is 22.8. The Labute approximate surface area is 244 Å². The van der Waals surface area contributed by atoms with E-state index >= 15 is 0 Å². The van der Waals surface area contributed by atoms with Crippen molar-refractivity contribution in [2.24, 2.45) is 0 Å². The Balaban J connectivity index is 2.16. The third kappa shape index (κ3) is 8.74. The van der Waals surface area contributed by atoms with E-state index in [1.807, 2.05) is 25.7 Å². The number of carbonyl (C=O) groups excluding carboxylic acids is 1. The summed E-state index contributed by atoms with van der Waals surface area (Å²) in [6, 6.07) is 10.5. The molecule has 1 unspecified atom stereocenters. The molecule has 220 valence electrons. The molecule has 4 nitrogen and oxygen atoms in total. The first-order valence-electron chi connectivity index (χ1n) is 16.1. The van der Waals surface area contributed by atoms with Crippen LogP contribution in [0.4, 0.5) is 4.79 Å². The average molecular weight is 647 g/mol. The summed E-state index contributed by atoms with van der Waals surface area (Å²) in [4.78, 5) is 15.9. The van der Waals surface area contributed by atoms with E-state index in [-0.39, 0.29) is 12.1 Å². The maximum atomic E-state index is 13.9. The molecule has 2 aliphatic rings. The first kappa shape index (κ1) is 32.5. The van der Waals surface area contributed by atoms with Crippen LogP contribution in [-0.4, -0.2) is 53.7 Å². The van der Waals surface area contributed by atoms with E-state index in [1.54, 1.807) is 3.59 Å². The Bertz CT molecular complexity index is 887. The van der Waals surface area contributed by atoms with Crippen molar-refractivity contribution in [1.29, 1.82) is 0 Å². The minimum absolute atomic E-state index is 0.170. The van der Waals surface area contributed by atoms with Crippen molar-refractivity contribution in [3.05, 3.63) is 45.6 Å². The van der Waals surface area contributed by atoms with E-state index in [4.69, 9.17) is 9.47 Å². The van der Waals surface area contributed by atoms with Gasteiger partial charge in [0.2, 0.25) is 0 Å². The molecule has 0 radical (unpaired) electrons. The number of benzene rings is 1. The van der Waals surface area contributed by atoms with Crippen LogP contribution in [0.1, 0.15) is 124 Å². The van der Waals surface area contributed by atoms with Gasteiger partial charge in [-0.05, 0) is 0 Å². The van der Waals surface area contributed by atoms with Gasteiger partial charge in [-0.15, -0.1) is 0 Å². The van der Waals surface area contributed by atoms with Gasteiger partial charge in [-0.25, -0.2) is 0 Å². The van der Waals surface area contributed by atoms with Crippen molar-refractivity contribution < 1.29 is 14.3 Å². The van der Waals surface area contributed by atoms with E-state index in [9.17, 15) is 4.79 Å². The summed E-state index contributed by atoms with van der Waals surface area (Å²) >= 11 is -2.66. The summed E-state index contributed by atoms with van der Waals surface area (Å²) in [7, 11) is 0. The van der Waals surface area contributed by atoms with E-state index in [1.165, 1.54) is 63.8 Å². The Morgan fingerprint density at radius 2 is 1.54 bits per heavy atom. The predicted octanol–water partition coefficient (Wildman–Crippen LogP) is 10.0. The van der Waals surface area contributed by atoms with Crippen molar-refractivity contribution >= 4 is 24.5 Å². The van der Waals surface area contributed by atoms with Gasteiger partial charge in [0.1, 0.15) is 0 Å². The molecule has 1 aromatic carbocycles. The average Bonchev–Trinajstić information content (AvgIpc) is 3.37. The van der Waals surface area contributed by atoms with Crippen LogP contribution in [0.25, 0.3) is 0 Å². The van der Waals surface area contributed by atoms with Crippen LogP contribution in [0.15, 0.2) is 40.0 Å². The molecule has 1 amide bonds. The number of amides is 1. The van der Waals surface area contributed by atoms with Crippen LogP contribution in [0.5, 0.6) is 0 Å². The number of rotatable bonds is 11. The Kier molecular flexibility index (Phi) is 12.7. The van der Waals surface area contributed by atoms with E-state index in [0.717, 1.165) is 32.3 Å². The number of ether oxygens (including phenoxy) is 2. The summed E-state index contributed by atoms with van der Waals surface area (Å²) in [6.45, 7) is 14.4.